The molecule has 0 saturated carbocycles. The molecule has 162 valence electrons. The maximum atomic E-state index is 11.8. The first-order chi connectivity index (χ1) is 16.0. The molecule has 4 aromatic carbocycles. The van der Waals surface area contributed by atoms with E-state index in [0.717, 1.165) is 33.4 Å². The van der Waals surface area contributed by atoms with Gasteiger partial charge < -0.3 is 10.3 Å². The number of nitrogens with two attached hydrogens (primary N) is 1. The fourth-order valence-electron chi connectivity index (χ4n) is 4.19. The van der Waals surface area contributed by atoms with Gasteiger partial charge in [-0.25, -0.2) is 0 Å². The Labute approximate surface area is 195 Å². The lowest BCUT2D eigenvalue weighted by Gasteiger charge is -2.09. The molecule has 0 aliphatic rings. The number of carbonyl (C=O) groups excluding carboxylic acids is 1. The average molecular weight is 453 g/mol. The second kappa shape index (κ2) is 8.45. The topological polar surface area (TPSA) is 76.8 Å². The van der Waals surface area contributed by atoms with Gasteiger partial charge in [-0.1, -0.05) is 72.3 Å². The number of primary amides is 1. The van der Waals surface area contributed by atoms with Crippen molar-refractivity contribution >= 4 is 28.5 Å². The van der Waals surface area contributed by atoms with Crippen LogP contribution in [0.3, 0.4) is 0 Å². The Morgan fingerprint density at radius 3 is 2.18 bits per heavy atom. The molecule has 5 rings (SSSR count). The van der Waals surface area contributed by atoms with E-state index in [4.69, 9.17) is 22.7 Å². The first kappa shape index (κ1) is 20.8. The summed E-state index contributed by atoms with van der Waals surface area (Å²) in [7, 11) is 0. The first-order valence-corrected chi connectivity index (χ1v) is 10.9. The molecule has 6 heteroatoms. The summed E-state index contributed by atoms with van der Waals surface area (Å²) in [6.07, 6.45) is 0. The lowest BCUT2D eigenvalue weighted by Crippen LogP contribution is -2.24. The van der Waals surface area contributed by atoms with Crippen molar-refractivity contribution in [2.45, 2.75) is 6.54 Å². The summed E-state index contributed by atoms with van der Waals surface area (Å²) in [6.45, 7) is 0.496. The van der Waals surface area contributed by atoms with Crippen LogP contribution in [-0.4, -0.2) is 15.0 Å². The predicted octanol–water partition coefficient (Wildman–Crippen LogP) is 5.38. The van der Waals surface area contributed by atoms with Crippen LogP contribution in [0.15, 0.2) is 97.1 Å². The fourth-order valence-corrected chi connectivity index (χ4v) is 4.38. The number of amides is 1. The Kier molecular flexibility index (Phi) is 5.32. The monoisotopic (exact) mass is 452 g/mol. The summed E-state index contributed by atoms with van der Waals surface area (Å²) in [5.41, 5.74) is 11.8. The summed E-state index contributed by atoms with van der Waals surface area (Å²) in [5, 5.41) is 9.64. The van der Waals surface area contributed by atoms with Gasteiger partial charge in [0.25, 0.3) is 0 Å². The van der Waals surface area contributed by atoms with E-state index >= 15 is 0 Å². The van der Waals surface area contributed by atoms with E-state index in [-0.39, 0.29) is 0 Å². The highest BCUT2D eigenvalue weighted by Gasteiger charge is 2.14. The number of para-hydroxylation sites is 2. The maximum Gasteiger partial charge on any atom is 0.249 e. The van der Waals surface area contributed by atoms with Gasteiger partial charge in [0.1, 0.15) is 0 Å². The molecular weight excluding hydrogens is 432 g/mol. The number of hydrogen-bond donors (Lipinski definition) is 2. The van der Waals surface area contributed by atoms with E-state index in [0.29, 0.717) is 22.7 Å². The maximum absolute atomic E-state index is 11.8. The predicted molar refractivity (Wildman–Crippen MR) is 132 cm³/mol. The number of imidazole rings is 1. The first-order valence-electron chi connectivity index (χ1n) is 10.5. The molecule has 3 N–H and O–H groups in total. The molecule has 0 atom stereocenters. The molecule has 0 radical (unpaired) electrons. The van der Waals surface area contributed by atoms with Crippen LogP contribution in [-0.2, 0) is 6.54 Å². The minimum Gasteiger partial charge on any atom is -0.366 e. The summed E-state index contributed by atoms with van der Waals surface area (Å²) in [4.78, 5) is 11.8. The van der Waals surface area contributed by atoms with Gasteiger partial charge in [0.05, 0.1) is 17.6 Å². The zero-order valence-electron chi connectivity index (χ0n) is 17.7. The Bertz CT molecular complexity index is 1550. The minimum absolute atomic E-state index is 0.349. The van der Waals surface area contributed by atoms with Crippen molar-refractivity contribution in [3.8, 4) is 16.8 Å². The number of nitrogens with one attached hydrogen (secondary N) is 1. The van der Waals surface area contributed by atoms with Crippen LogP contribution in [0.2, 0.25) is 5.02 Å². The van der Waals surface area contributed by atoms with Crippen LogP contribution >= 0.6 is 11.6 Å². The number of nitrogens with zero attached hydrogens (tertiary/aromatic N) is 2. The van der Waals surface area contributed by atoms with Crippen LogP contribution in [0.5, 0.6) is 0 Å². The van der Waals surface area contributed by atoms with E-state index in [2.05, 4.69) is 0 Å². The number of aromatic nitrogens is 2. The van der Waals surface area contributed by atoms with E-state index in [1.807, 2.05) is 94.1 Å². The van der Waals surface area contributed by atoms with Crippen molar-refractivity contribution in [3.05, 3.63) is 119 Å². The van der Waals surface area contributed by atoms with Crippen molar-refractivity contribution in [3.63, 3.8) is 0 Å². The average Bonchev–Trinajstić information content (AvgIpc) is 3.12. The second-order valence-electron chi connectivity index (χ2n) is 7.78. The largest absolute Gasteiger partial charge is 0.366 e. The Morgan fingerprint density at radius 1 is 0.818 bits per heavy atom. The van der Waals surface area contributed by atoms with Crippen LogP contribution in [0.4, 0.5) is 0 Å². The Balaban J connectivity index is 1.62. The molecule has 0 aliphatic carbocycles. The molecule has 5 nitrogen and oxygen atoms in total. The number of rotatable bonds is 5. The Hall–Kier alpha value is -4.09. The minimum atomic E-state index is -0.458. The van der Waals surface area contributed by atoms with Gasteiger partial charge in [-0.05, 0) is 53.1 Å². The van der Waals surface area contributed by atoms with Crippen LogP contribution in [0.1, 0.15) is 15.9 Å². The van der Waals surface area contributed by atoms with Crippen molar-refractivity contribution in [2.75, 3.05) is 0 Å². The number of benzene rings is 4. The standard InChI is InChI=1S/C27H21ClN4O/c28-23-10-4-1-7-19(23)17-31-24-11-5-6-12-25(24)32(27(31)30)20-15-13-18(14-16-20)21-8-2-3-9-22(21)26(29)33/h1-16,30H,17H2,(H2,29,33). The smallest absolute Gasteiger partial charge is 0.249 e. The third kappa shape index (κ3) is 3.73. The number of hydrogen-bond acceptors (Lipinski definition) is 2. The lowest BCUT2D eigenvalue weighted by molar-refractivity contribution is 0.100. The highest BCUT2D eigenvalue weighted by atomic mass is 35.5. The van der Waals surface area contributed by atoms with Gasteiger partial charge in [-0.3, -0.25) is 14.8 Å². The van der Waals surface area contributed by atoms with Gasteiger partial charge in [0.2, 0.25) is 11.5 Å². The van der Waals surface area contributed by atoms with Crippen LogP contribution in [0, 0.1) is 5.41 Å². The molecule has 0 bridgehead atoms. The van der Waals surface area contributed by atoms with Gasteiger partial charge in [-0.2, -0.15) is 0 Å². The van der Waals surface area contributed by atoms with Crippen molar-refractivity contribution in [1.82, 2.24) is 9.13 Å². The summed E-state index contributed by atoms with van der Waals surface area (Å²) in [6, 6.07) is 30.8. The van der Waals surface area contributed by atoms with E-state index < -0.39 is 5.91 Å². The second-order valence-corrected chi connectivity index (χ2v) is 8.19. The molecule has 1 heterocycles. The van der Waals surface area contributed by atoms with Gasteiger partial charge in [0, 0.05) is 16.3 Å². The SMILES string of the molecule is N=c1n(Cc2ccccc2Cl)c2ccccc2n1-c1ccc(-c2ccccc2C(N)=O)cc1. The van der Waals surface area contributed by atoms with E-state index in [1.54, 1.807) is 12.1 Å². The van der Waals surface area contributed by atoms with Crippen LogP contribution < -0.4 is 11.4 Å². The molecule has 0 unspecified atom stereocenters. The summed E-state index contributed by atoms with van der Waals surface area (Å²) >= 11 is 6.40. The number of fused-ring (bicyclic) bond motifs is 1. The lowest BCUT2D eigenvalue weighted by atomic mass is 9.99. The van der Waals surface area contributed by atoms with Crippen molar-refractivity contribution in [1.29, 1.82) is 5.41 Å². The number of halogens is 1. The number of carbonyl (C=O) groups is 1. The molecule has 0 fully saturated rings. The van der Waals surface area contributed by atoms with E-state index in [1.165, 1.54) is 0 Å². The molecule has 1 amide bonds. The third-order valence-electron chi connectivity index (χ3n) is 5.80. The van der Waals surface area contributed by atoms with E-state index in [9.17, 15) is 4.79 Å². The molecule has 0 aliphatic heterocycles. The molecule has 1 aromatic heterocycles. The zero-order chi connectivity index (χ0) is 22.9. The molecule has 0 saturated heterocycles. The van der Waals surface area contributed by atoms with Crippen molar-refractivity contribution in [2.24, 2.45) is 5.73 Å². The van der Waals surface area contributed by atoms with Crippen molar-refractivity contribution < 1.29 is 4.79 Å². The Morgan fingerprint density at radius 2 is 1.45 bits per heavy atom. The molecular formula is C27H21ClN4O. The summed E-state index contributed by atoms with van der Waals surface area (Å²) in [5.74, 6) is -0.458. The van der Waals surface area contributed by atoms with Gasteiger partial charge in [-0.15, -0.1) is 0 Å². The molecule has 0 spiro atoms. The molecule has 5 aromatic rings. The highest BCUT2D eigenvalue weighted by Crippen LogP contribution is 2.26. The summed E-state index contributed by atoms with van der Waals surface area (Å²) < 4.78 is 3.86. The zero-order valence-corrected chi connectivity index (χ0v) is 18.5. The van der Waals surface area contributed by atoms with Gasteiger partial charge >= 0.3 is 0 Å². The van der Waals surface area contributed by atoms with Gasteiger partial charge in [0.15, 0.2) is 0 Å². The van der Waals surface area contributed by atoms with Crippen LogP contribution in [0.25, 0.3) is 27.8 Å². The molecule has 33 heavy (non-hydrogen) atoms. The normalized spacial score (nSPS) is 11.1. The highest BCUT2D eigenvalue weighted by molar-refractivity contribution is 6.31. The third-order valence-corrected chi connectivity index (χ3v) is 6.16. The fraction of sp³-hybridized carbons (Fsp3) is 0.0370. The quantitative estimate of drug-likeness (QED) is 0.369.